The lowest BCUT2D eigenvalue weighted by atomic mass is 10.1. The summed E-state index contributed by atoms with van der Waals surface area (Å²) in [6.45, 7) is 2.24. The predicted octanol–water partition coefficient (Wildman–Crippen LogP) is 3.68. The Kier molecular flexibility index (Phi) is 5.85. The van der Waals surface area contributed by atoms with Gasteiger partial charge in [-0.2, -0.15) is 0 Å². The van der Waals surface area contributed by atoms with Crippen molar-refractivity contribution in [3.63, 3.8) is 0 Å². The number of carbonyl (C=O) groups excluding carboxylic acids is 1. The molecule has 16 heavy (non-hydrogen) atoms. The third kappa shape index (κ3) is 3.80. The number of carbonyl (C=O) groups is 1. The second-order valence-corrected chi connectivity index (χ2v) is 4.39. The fourth-order valence-electron chi connectivity index (χ4n) is 1.40. The Labute approximate surface area is 109 Å². The number of aryl methyl sites for hydroxylation is 1. The molecule has 0 spiro atoms. The van der Waals surface area contributed by atoms with Gasteiger partial charge in [-0.25, -0.2) is 0 Å². The Morgan fingerprint density at radius 2 is 2.12 bits per heavy atom. The topological polar surface area (TPSA) is 26.3 Å². The van der Waals surface area contributed by atoms with E-state index in [1.165, 1.54) is 0 Å². The van der Waals surface area contributed by atoms with Crippen molar-refractivity contribution >= 4 is 33.5 Å². The average Bonchev–Trinajstić information content (AvgIpc) is 2.28. The van der Waals surface area contributed by atoms with Crippen molar-refractivity contribution in [3.05, 3.63) is 33.8 Å². The number of rotatable bonds is 5. The third-order valence-electron chi connectivity index (χ3n) is 2.21. The molecule has 0 saturated carbocycles. The summed E-state index contributed by atoms with van der Waals surface area (Å²) >= 11 is 9.29. The van der Waals surface area contributed by atoms with E-state index in [0.717, 1.165) is 15.6 Å². The molecular weight excluding hydrogens is 291 g/mol. The van der Waals surface area contributed by atoms with E-state index in [-0.39, 0.29) is 5.97 Å². The van der Waals surface area contributed by atoms with Crippen LogP contribution in [0.3, 0.4) is 0 Å². The summed E-state index contributed by atoms with van der Waals surface area (Å²) in [5.41, 5.74) is 2.13. The van der Waals surface area contributed by atoms with E-state index < -0.39 is 0 Å². The van der Waals surface area contributed by atoms with Gasteiger partial charge in [0, 0.05) is 16.8 Å². The zero-order valence-corrected chi connectivity index (χ0v) is 11.5. The van der Waals surface area contributed by atoms with Crippen LogP contribution in [0.5, 0.6) is 0 Å². The van der Waals surface area contributed by atoms with Crippen LogP contribution >= 0.6 is 27.5 Å². The molecule has 0 fully saturated rings. The minimum Gasteiger partial charge on any atom is -0.466 e. The van der Waals surface area contributed by atoms with E-state index in [9.17, 15) is 4.79 Å². The molecule has 0 heterocycles. The van der Waals surface area contributed by atoms with Crippen LogP contribution in [0.4, 0.5) is 0 Å². The quantitative estimate of drug-likeness (QED) is 0.613. The zero-order valence-electron chi connectivity index (χ0n) is 9.13. The first-order chi connectivity index (χ1) is 7.69. The number of alkyl halides is 1. The van der Waals surface area contributed by atoms with E-state index in [2.05, 4.69) is 15.9 Å². The molecule has 4 heteroatoms. The van der Waals surface area contributed by atoms with Gasteiger partial charge in [-0.3, -0.25) is 4.79 Å². The Morgan fingerprint density at radius 3 is 2.75 bits per heavy atom. The number of benzene rings is 1. The number of halogens is 2. The maximum absolute atomic E-state index is 11.2. The Hall–Kier alpha value is -0.540. The number of hydrogen-bond donors (Lipinski definition) is 0. The van der Waals surface area contributed by atoms with Gasteiger partial charge in [-0.05, 0) is 24.5 Å². The van der Waals surface area contributed by atoms with Crippen LogP contribution in [0.15, 0.2) is 22.7 Å². The smallest absolute Gasteiger partial charge is 0.306 e. The van der Waals surface area contributed by atoms with Gasteiger partial charge in [0.1, 0.15) is 0 Å². The molecule has 0 amide bonds. The minimum atomic E-state index is -0.161. The van der Waals surface area contributed by atoms with E-state index >= 15 is 0 Å². The third-order valence-corrected chi connectivity index (χ3v) is 3.51. The van der Waals surface area contributed by atoms with Crippen molar-refractivity contribution in [1.82, 2.24) is 0 Å². The maximum atomic E-state index is 11.2. The number of ether oxygens (including phenoxy) is 1. The largest absolute Gasteiger partial charge is 0.466 e. The highest BCUT2D eigenvalue weighted by Crippen LogP contribution is 2.24. The first kappa shape index (κ1) is 13.5. The van der Waals surface area contributed by atoms with Crippen molar-refractivity contribution in [3.8, 4) is 0 Å². The van der Waals surface area contributed by atoms with E-state index in [1.807, 2.05) is 25.1 Å². The first-order valence-corrected chi connectivity index (χ1v) is 6.49. The van der Waals surface area contributed by atoms with Gasteiger partial charge in [-0.1, -0.05) is 34.1 Å². The summed E-state index contributed by atoms with van der Waals surface area (Å²) in [7, 11) is 0. The molecule has 0 N–H and O–H groups in total. The van der Waals surface area contributed by atoms with Gasteiger partial charge in [0.15, 0.2) is 0 Å². The molecule has 0 aliphatic carbocycles. The van der Waals surface area contributed by atoms with Gasteiger partial charge in [0.2, 0.25) is 0 Å². The van der Waals surface area contributed by atoms with Crippen molar-refractivity contribution in [2.45, 2.75) is 25.6 Å². The predicted molar refractivity (Wildman–Crippen MR) is 68.7 cm³/mol. The molecule has 1 rings (SSSR count). The van der Waals surface area contributed by atoms with Crippen LogP contribution in [0.25, 0.3) is 0 Å². The fraction of sp³-hybridized carbons (Fsp3) is 0.417. The summed E-state index contributed by atoms with van der Waals surface area (Å²) in [5.74, 6) is 0.305. The molecule has 0 radical (unpaired) electrons. The highest BCUT2D eigenvalue weighted by Gasteiger charge is 2.07. The summed E-state index contributed by atoms with van der Waals surface area (Å²) < 4.78 is 5.87. The van der Waals surface area contributed by atoms with Gasteiger partial charge in [0.05, 0.1) is 6.61 Å². The van der Waals surface area contributed by atoms with Crippen molar-refractivity contribution in [2.75, 3.05) is 6.61 Å². The molecule has 0 aliphatic heterocycles. The van der Waals surface area contributed by atoms with E-state index in [4.69, 9.17) is 16.3 Å². The molecule has 0 aliphatic rings. The summed E-state index contributed by atoms with van der Waals surface area (Å²) in [6, 6.07) is 5.90. The lowest BCUT2D eigenvalue weighted by Crippen LogP contribution is -2.05. The Balaban J connectivity index is 2.63. The van der Waals surface area contributed by atoms with Gasteiger partial charge < -0.3 is 4.74 Å². The summed E-state index contributed by atoms with van der Waals surface area (Å²) in [4.78, 5) is 11.2. The molecule has 0 bridgehead atoms. The highest BCUT2D eigenvalue weighted by atomic mass is 79.9. The van der Waals surface area contributed by atoms with Crippen molar-refractivity contribution in [2.24, 2.45) is 0 Å². The number of hydrogen-bond acceptors (Lipinski definition) is 2. The SMILES string of the molecule is CCOC(=O)CCc1cccc(CCl)c1Br. The van der Waals surface area contributed by atoms with Gasteiger partial charge in [-0.15, -0.1) is 11.6 Å². The molecule has 2 nitrogen and oxygen atoms in total. The monoisotopic (exact) mass is 304 g/mol. The normalized spacial score (nSPS) is 10.2. The van der Waals surface area contributed by atoms with Crippen molar-refractivity contribution < 1.29 is 9.53 Å². The lowest BCUT2D eigenvalue weighted by molar-refractivity contribution is -0.143. The van der Waals surface area contributed by atoms with Gasteiger partial charge >= 0.3 is 5.97 Å². The standard InChI is InChI=1S/C12H14BrClO2/c1-2-16-11(15)7-6-9-4-3-5-10(8-14)12(9)13/h3-5H,2,6-8H2,1H3. The van der Waals surface area contributed by atoms with Crippen LogP contribution in [0, 0.1) is 0 Å². The van der Waals surface area contributed by atoms with Crippen molar-refractivity contribution in [1.29, 1.82) is 0 Å². The first-order valence-electron chi connectivity index (χ1n) is 5.16. The lowest BCUT2D eigenvalue weighted by Gasteiger charge is -2.07. The Morgan fingerprint density at radius 1 is 1.44 bits per heavy atom. The van der Waals surface area contributed by atoms with Crippen LogP contribution in [0.1, 0.15) is 24.5 Å². The van der Waals surface area contributed by atoms with Gasteiger partial charge in [0.25, 0.3) is 0 Å². The molecular formula is C12H14BrClO2. The highest BCUT2D eigenvalue weighted by molar-refractivity contribution is 9.10. The maximum Gasteiger partial charge on any atom is 0.306 e. The van der Waals surface area contributed by atoms with Crippen LogP contribution in [-0.2, 0) is 21.8 Å². The summed E-state index contributed by atoms with van der Waals surface area (Å²) in [6.07, 6.45) is 1.07. The molecule has 0 unspecified atom stereocenters. The fourth-order valence-corrected chi connectivity index (χ4v) is 2.39. The van der Waals surface area contributed by atoms with Crippen LogP contribution in [0.2, 0.25) is 0 Å². The molecule has 1 aromatic rings. The summed E-state index contributed by atoms with van der Waals surface area (Å²) in [5, 5.41) is 0. The Bertz CT molecular complexity index is 366. The van der Waals surface area contributed by atoms with E-state index in [0.29, 0.717) is 25.3 Å². The van der Waals surface area contributed by atoms with Crippen LogP contribution < -0.4 is 0 Å². The van der Waals surface area contributed by atoms with E-state index in [1.54, 1.807) is 0 Å². The molecule has 0 atom stereocenters. The molecule has 1 aromatic carbocycles. The number of esters is 1. The second kappa shape index (κ2) is 6.92. The zero-order chi connectivity index (χ0) is 12.0. The second-order valence-electron chi connectivity index (χ2n) is 3.33. The molecule has 0 aromatic heterocycles. The average molecular weight is 306 g/mol. The minimum absolute atomic E-state index is 0.161. The molecule has 0 saturated heterocycles. The molecule has 88 valence electrons. The van der Waals surface area contributed by atoms with Crippen LogP contribution in [-0.4, -0.2) is 12.6 Å².